The molecule has 1 atom stereocenters. The maximum atomic E-state index is 10.7. The number of ketones is 1. The first-order valence-corrected chi connectivity index (χ1v) is 3.92. The lowest BCUT2D eigenvalue weighted by Gasteiger charge is -1.84. The van der Waals surface area contributed by atoms with Gasteiger partial charge in [-0.2, -0.15) is 0 Å². The van der Waals surface area contributed by atoms with Crippen LogP contribution in [0.4, 0.5) is 0 Å². The number of allylic oxidation sites excluding steroid dienone is 3. The molecule has 9 heavy (non-hydrogen) atoms. The van der Waals surface area contributed by atoms with E-state index in [-0.39, 0.29) is 11.5 Å². The van der Waals surface area contributed by atoms with E-state index in [0.717, 1.165) is 0 Å². The number of carbonyl (C=O) groups is 1. The van der Waals surface area contributed by atoms with E-state index in [1.807, 2.05) is 0 Å². The van der Waals surface area contributed by atoms with Crippen molar-refractivity contribution in [2.24, 2.45) is 0 Å². The molecule has 3 heteroatoms. The Balaban J connectivity index is 2.76. The molecule has 48 valence electrons. The molecule has 2 nitrogen and oxygen atoms in total. The summed E-state index contributed by atoms with van der Waals surface area (Å²) in [5.74, 6) is 0.0610. The van der Waals surface area contributed by atoms with Crippen molar-refractivity contribution in [2.75, 3.05) is 5.75 Å². The van der Waals surface area contributed by atoms with E-state index < -0.39 is 10.8 Å². The number of rotatable bonds is 0. The molecule has 1 heterocycles. The fourth-order valence-corrected chi connectivity index (χ4v) is 1.27. The van der Waals surface area contributed by atoms with Gasteiger partial charge in [0.1, 0.15) is 0 Å². The van der Waals surface area contributed by atoms with Crippen LogP contribution in [0.2, 0.25) is 0 Å². The van der Waals surface area contributed by atoms with Gasteiger partial charge >= 0.3 is 0 Å². The van der Waals surface area contributed by atoms with Gasteiger partial charge in [0.15, 0.2) is 5.78 Å². The third-order valence-electron chi connectivity index (χ3n) is 0.908. The summed E-state index contributed by atoms with van der Waals surface area (Å²) in [6.45, 7) is 0. The van der Waals surface area contributed by atoms with Gasteiger partial charge in [0.25, 0.3) is 0 Å². The third-order valence-corrected chi connectivity index (χ3v) is 1.94. The highest BCUT2D eigenvalue weighted by atomic mass is 32.2. The Bertz CT molecular complexity index is 181. The molecule has 0 aromatic carbocycles. The zero-order valence-corrected chi connectivity index (χ0v) is 5.56. The quantitative estimate of drug-likeness (QED) is 0.490. The fraction of sp³-hybridized carbons (Fsp3) is 0.167. The van der Waals surface area contributed by atoms with Gasteiger partial charge in [0, 0.05) is 5.41 Å². The van der Waals surface area contributed by atoms with Crippen LogP contribution in [0.15, 0.2) is 23.6 Å². The standard InChI is InChI=1S/C6H6O2S/c7-6-3-1-2-4-9(8)5-6/h1-4H,5H2. The van der Waals surface area contributed by atoms with Crippen LogP contribution in [-0.2, 0) is 15.6 Å². The van der Waals surface area contributed by atoms with Gasteiger partial charge in [-0.3, -0.25) is 9.00 Å². The molecular formula is C6H6O2S. The lowest BCUT2D eigenvalue weighted by molar-refractivity contribution is -0.112. The van der Waals surface area contributed by atoms with Crippen molar-refractivity contribution in [3.05, 3.63) is 23.6 Å². The summed E-state index contributed by atoms with van der Waals surface area (Å²) in [5.41, 5.74) is 0. The van der Waals surface area contributed by atoms with Gasteiger partial charge in [-0.1, -0.05) is 12.2 Å². The summed E-state index contributed by atoms with van der Waals surface area (Å²) < 4.78 is 10.7. The highest BCUT2D eigenvalue weighted by Crippen LogP contribution is 1.93. The first-order chi connectivity index (χ1) is 4.29. The van der Waals surface area contributed by atoms with Crippen LogP contribution in [0.5, 0.6) is 0 Å². The molecule has 0 aromatic heterocycles. The molecule has 0 radical (unpaired) electrons. The number of hydrogen-bond donors (Lipinski definition) is 0. The average Bonchev–Trinajstić information content (AvgIpc) is 1.93. The summed E-state index contributed by atoms with van der Waals surface area (Å²) >= 11 is 0. The molecule has 0 saturated heterocycles. The van der Waals surface area contributed by atoms with Crippen LogP contribution < -0.4 is 0 Å². The molecular weight excluding hydrogens is 136 g/mol. The molecule has 1 aliphatic rings. The smallest absolute Gasteiger partial charge is 0.168 e. The zero-order chi connectivity index (χ0) is 6.69. The molecule has 0 aliphatic carbocycles. The third kappa shape index (κ3) is 1.93. The fourth-order valence-electron chi connectivity index (χ4n) is 0.532. The van der Waals surface area contributed by atoms with E-state index in [4.69, 9.17) is 0 Å². The predicted molar refractivity (Wildman–Crippen MR) is 36.3 cm³/mol. The van der Waals surface area contributed by atoms with Gasteiger partial charge in [-0.25, -0.2) is 0 Å². The summed E-state index contributed by atoms with van der Waals surface area (Å²) in [6, 6.07) is 0. The molecule has 0 fully saturated rings. The first-order valence-electron chi connectivity index (χ1n) is 2.54. The van der Waals surface area contributed by atoms with E-state index in [1.165, 1.54) is 11.5 Å². The van der Waals surface area contributed by atoms with Gasteiger partial charge in [-0.05, 0) is 6.08 Å². The average molecular weight is 142 g/mol. The second-order valence-corrected chi connectivity index (χ2v) is 3.00. The van der Waals surface area contributed by atoms with Crippen molar-refractivity contribution < 1.29 is 9.00 Å². The molecule has 0 spiro atoms. The van der Waals surface area contributed by atoms with Gasteiger partial charge in [0.05, 0.1) is 16.6 Å². The Morgan fingerprint density at radius 3 is 3.00 bits per heavy atom. The highest BCUT2D eigenvalue weighted by molar-refractivity contribution is 7.88. The Morgan fingerprint density at radius 1 is 1.44 bits per heavy atom. The Labute approximate surface area is 55.7 Å². The van der Waals surface area contributed by atoms with Gasteiger partial charge < -0.3 is 0 Å². The van der Waals surface area contributed by atoms with Crippen LogP contribution in [0.3, 0.4) is 0 Å². The molecule has 0 N–H and O–H groups in total. The normalized spacial score (nSPS) is 26.2. The van der Waals surface area contributed by atoms with Crippen LogP contribution in [0.25, 0.3) is 0 Å². The maximum Gasteiger partial charge on any atom is 0.168 e. The molecule has 1 rings (SSSR count). The van der Waals surface area contributed by atoms with Crippen LogP contribution in [0.1, 0.15) is 0 Å². The first kappa shape index (κ1) is 6.42. The van der Waals surface area contributed by atoms with E-state index in [0.29, 0.717) is 0 Å². The summed E-state index contributed by atoms with van der Waals surface area (Å²) in [6.07, 6.45) is 4.66. The Hall–Kier alpha value is -0.700. The lowest BCUT2D eigenvalue weighted by atomic mass is 10.4. The van der Waals surface area contributed by atoms with Crippen LogP contribution in [-0.4, -0.2) is 15.7 Å². The van der Waals surface area contributed by atoms with Crippen molar-refractivity contribution in [3.63, 3.8) is 0 Å². The largest absolute Gasteiger partial charge is 0.294 e. The van der Waals surface area contributed by atoms with Crippen molar-refractivity contribution in [2.45, 2.75) is 0 Å². The van der Waals surface area contributed by atoms with Crippen molar-refractivity contribution in [1.82, 2.24) is 0 Å². The summed E-state index contributed by atoms with van der Waals surface area (Å²) in [4.78, 5) is 10.6. The van der Waals surface area contributed by atoms with Crippen LogP contribution in [0, 0.1) is 0 Å². The van der Waals surface area contributed by atoms with Crippen molar-refractivity contribution >= 4 is 16.6 Å². The molecule has 0 bridgehead atoms. The SMILES string of the molecule is O=C1C=CC=CS(=O)C1. The predicted octanol–water partition coefficient (Wildman–Crippen LogP) is 0.388. The van der Waals surface area contributed by atoms with E-state index in [2.05, 4.69) is 0 Å². The minimum atomic E-state index is -1.08. The zero-order valence-electron chi connectivity index (χ0n) is 4.74. The van der Waals surface area contributed by atoms with Crippen molar-refractivity contribution in [1.29, 1.82) is 0 Å². The van der Waals surface area contributed by atoms with E-state index >= 15 is 0 Å². The molecule has 0 amide bonds. The number of hydrogen-bond acceptors (Lipinski definition) is 2. The maximum absolute atomic E-state index is 10.7. The van der Waals surface area contributed by atoms with Crippen LogP contribution >= 0.6 is 0 Å². The summed E-state index contributed by atoms with van der Waals surface area (Å²) in [5, 5.41) is 1.52. The highest BCUT2D eigenvalue weighted by Gasteiger charge is 2.02. The molecule has 1 unspecified atom stereocenters. The minimum absolute atomic E-state index is 0.0710. The lowest BCUT2D eigenvalue weighted by Crippen LogP contribution is -2.03. The van der Waals surface area contributed by atoms with Crippen molar-refractivity contribution in [3.8, 4) is 0 Å². The number of carbonyl (C=O) groups excluding carboxylic acids is 1. The monoisotopic (exact) mass is 142 g/mol. The van der Waals surface area contributed by atoms with E-state index in [1.54, 1.807) is 12.2 Å². The second-order valence-electron chi connectivity index (χ2n) is 1.68. The Kier molecular flexibility index (Phi) is 1.95. The van der Waals surface area contributed by atoms with Gasteiger partial charge in [-0.15, -0.1) is 0 Å². The summed E-state index contributed by atoms with van der Waals surface area (Å²) in [7, 11) is -1.08. The van der Waals surface area contributed by atoms with E-state index in [9.17, 15) is 9.00 Å². The Morgan fingerprint density at radius 2 is 2.22 bits per heavy atom. The molecule has 0 saturated carbocycles. The topological polar surface area (TPSA) is 34.1 Å². The van der Waals surface area contributed by atoms with Gasteiger partial charge in [0.2, 0.25) is 0 Å². The second kappa shape index (κ2) is 2.73. The molecule has 1 aliphatic heterocycles. The molecule has 0 aromatic rings. The minimum Gasteiger partial charge on any atom is -0.294 e.